The van der Waals surface area contributed by atoms with Gasteiger partial charge in [0.1, 0.15) is 11.3 Å². The maximum absolute atomic E-state index is 12.4. The van der Waals surface area contributed by atoms with Crippen LogP contribution in [-0.4, -0.2) is 28.3 Å². The Bertz CT molecular complexity index is 488. The number of hydrogen-bond acceptors (Lipinski definition) is 5. The third-order valence-corrected chi connectivity index (χ3v) is 2.83. The number of nitrogens with zero attached hydrogens (tertiary/aromatic N) is 2. The van der Waals surface area contributed by atoms with Gasteiger partial charge in [0.25, 0.3) is 5.91 Å². The summed E-state index contributed by atoms with van der Waals surface area (Å²) in [5.41, 5.74) is 2.11. The molecule has 0 atom stereocenters. The fourth-order valence-electron chi connectivity index (χ4n) is 1.93. The van der Waals surface area contributed by atoms with Crippen molar-refractivity contribution >= 4 is 17.3 Å². The standard InChI is InChI=1S/C12H18N4O3/c1-4-15(8(2)3)12(17)9-6-5-7-10(14-13)11(9)16(18)19/h5-8,14H,4,13H2,1-3H3. The number of nitro groups is 1. The third kappa shape index (κ3) is 3.00. The molecule has 7 heteroatoms. The summed E-state index contributed by atoms with van der Waals surface area (Å²) in [6.07, 6.45) is 0. The molecule has 0 saturated heterocycles. The van der Waals surface area contributed by atoms with Gasteiger partial charge in [-0.25, -0.2) is 0 Å². The molecule has 1 amide bonds. The first-order valence-corrected chi connectivity index (χ1v) is 5.99. The van der Waals surface area contributed by atoms with Crippen molar-refractivity contribution in [2.45, 2.75) is 26.8 Å². The molecule has 0 radical (unpaired) electrons. The number of rotatable bonds is 5. The zero-order valence-electron chi connectivity index (χ0n) is 11.2. The van der Waals surface area contributed by atoms with Crippen LogP contribution in [0.25, 0.3) is 0 Å². The van der Waals surface area contributed by atoms with Crippen LogP contribution in [0.3, 0.4) is 0 Å². The Morgan fingerprint density at radius 3 is 2.58 bits per heavy atom. The van der Waals surface area contributed by atoms with Gasteiger partial charge in [-0.3, -0.25) is 20.8 Å². The van der Waals surface area contributed by atoms with Gasteiger partial charge < -0.3 is 10.3 Å². The van der Waals surface area contributed by atoms with Gasteiger partial charge in [0.2, 0.25) is 0 Å². The first-order valence-electron chi connectivity index (χ1n) is 5.99. The highest BCUT2D eigenvalue weighted by molar-refractivity contribution is 6.00. The molecule has 7 nitrogen and oxygen atoms in total. The molecule has 0 aliphatic carbocycles. The molecule has 0 saturated carbocycles. The highest BCUT2D eigenvalue weighted by Crippen LogP contribution is 2.29. The SMILES string of the molecule is CCN(C(=O)c1cccc(NN)c1[N+](=O)[O-])C(C)C. The van der Waals surface area contributed by atoms with Crippen molar-refractivity contribution in [2.75, 3.05) is 12.0 Å². The predicted octanol–water partition coefficient (Wildman–Crippen LogP) is 1.75. The summed E-state index contributed by atoms with van der Waals surface area (Å²) in [5.74, 6) is 4.87. The van der Waals surface area contributed by atoms with Gasteiger partial charge in [-0.1, -0.05) is 6.07 Å². The van der Waals surface area contributed by atoms with E-state index in [4.69, 9.17) is 5.84 Å². The second-order valence-corrected chi connectivity index (χ2v) is 4.29. The predicted molar refractivity (Wildman–Crippen MR) is 72.8 cm³/mol. The quantitative estimate of drug-likeness (QED) is 0.480. The first-order chi connectivity index (χ1) is 8.93. The van der Waals surface area contributed by atoms with Gasteiger partial charge in [-0.05, 0) is 32.9 Å². The fraction of sp³-hybridized carbons (Fsp3) is 0.417. The van der Waals surface area contributed by atoms with Crippen LogP contribution in [-0.2, 0) is 0 Å². The van der Waals surface area contributed by atoms with E-state index in [1.165, 1.54) is 12.1 Å². The topological polar surface area (TPSA) is 102 Å². The number of carbonyl (C=O) groups is 1. The number of nitrogens with two attached hydrogens (primary N) is 1. The van der Waals surface area contributed by atoms with Gasteiger partial charge in [0.05, 0.1) is 4.92 Å². The van der Waals surface area contributed by atoms with E-state index in [2.05, 4.69) is 5.43 Å². The lowest BCUT2D eigenvalue weighted by molar-refractivity contribution is -0.384. The normalized spacial score (nSPS) is 10.4. The van der Waals surface area contributed by atoms with E-state index in [9.17, 15) is 14.9 Å². The number of hydrazine groups is 1. The van der Waals surface area contributed by atoms with Gasteiger partial charge >= 0.3 is 5.69 Å². The number of nitro benzene ring substituents is 1. The van der Waals surface area contributed by atoms with Crippen LogP contribution in [0.1, 0.15) is 31.1 Å². The van der Waals surface area contributed by atoms with Gasteiger partial charge in [0.15, 0.2) is 0 Å². The molecule has 0 aliphatic rings. The molecular weight excluding hydrogens is 248 g/mol. The molecule has 1 aromatic carbocycles. The molecule has 0 bridgehead atoms. The highest BCUT2D eigenvalue weighted by Gasteiger charge is 2.27. The monoisotopic (exact) mass is 266 g/mol. The molecule has 0 aromatic heterocycles. The molecule has 0 spiro atoms. The Labute approximate surface area is 111 Å². The largest absolute Gasteiger partial charge is 0.336 e. The summed E-state index contributed by atoms with van der Waals surface area (Å²) in [6, 6.07) is 4.42. The summed E-state index contributed by atoms with van der Waals surface area (Å²) in [7, 11) is 0. The summed E-state index contributed by atoms with van der Waals surface area (Å²) < 4.78 is 0. The Morgan fingerprint density at radius 1 is 1.53 bits per heavy atom. The zero-order valence-corrected chi connectivity index (χ0v) is 11.2. The fourth-order valence-corrected chi connectivity index (χ4v) is 1.93. The van der Waals surface area contributed by atoms with Crippen molar-refractivity contribution < 1.29 is 9.72 Å². The second kappa shape index (κ2) is 6.14. The minimum atomic E-state index is -0.601. The molecule has 1 rings (SSSR count). The molecule has 1 aromatic rings. The van der Waals surface area contributed by atoms with Crippen molar-refractivity contribution in [2.24, 2.45) is 5.84 Å². The van der Waals surface area contributed by atoms with Gasteiger partial charge in [0, 0.05) is 12.6 Å². The Morgan fingerprint density at radius 2 is 2.16 bits per heavy atom. The van der Waals surface area contributed by atoms with E-state index in [0.717, 1.165) is 0 Å². The molecule has 0 aliphatic heterocycles. The number of benzene rings is 1. The average Bonchev–Trinajstić information content (AvgIpc) is 2.37. The molecule has 104 valence electrons. The van der Waals surface area contributed by atoms with Crippen molar-refractivity contribution in [1.29, 1.82) is 0 Å². The highest BCUT2D eigenvalue weighted by atomic mass is 16.6. The number of nitrogens with one attached hydrogen (secondary N) is 1. The zero-order chi connectivity index (χ0) is 14.6. The van der Waals surface area contributed by atoms with Crippen LogP contribution in [0.5, 0.6) is 0 Å². The smallest absolute Gasteiger partial charge is 0.306 e. The minimum Gasteiger partial charge on any atom is -0.336 e. The van der Waals surface area contributed by atoms with Crippen molar-refractivity contribution in [3.8, 4) is 0 Å². The van der Waals surface area contributed by atoms with E-state index >= 15 is 0 Å². The Balaban J connectivity index is 3.34. The van der Waals surface area contributed by atoms with Crippen molar-refractivity contribution in [1.82, 2.24) is 4.90 Å². The van der Waals surface area contributed by atoms with E-state index in [1.807, 2.05) is 20.8 Å². The maximum Gasteiger partial charge on any atom is 0.306 e. The average molecular weight is 266 g/mol. The lowest BCUT2D eigenvalue weighted by Gasteiger charge is -2.25. The first kappa shape index (κ1) is 14.9. The molecule has 3 N–H and O–H groups in total. The lowest BCUT2D eigenvalue weighted by Crippen LogP contribution is -2.37. The second-order valence-electron chi connectivity index (χ2n) is 4.29. The molecule has 0 unspecified atom stereocenters. The lowest BCUT2D eigenvalue weighted by atomic mass is 10.1. The van der Waals surface area contributed by atoms with Crippen molar-refractivity contribution in [3.63, 3.8) is 0 Å². The third-order valence-electron chi connectivity index (χ3n) is 2.83. The van der Waals surface area contributed by atoms with Crippen LogP contribution in [0.2, 0.25) is 0 Å². The van der Waals surface area contributed by atoms with Crippen LogP contribution in [0, 0.1) is 10.1 Å². The Hall–Kier alpha value is -2.15. The summed E-state index contributed by atoms with van der Waals surface area (Å²) in [5, 5.41) is 11.1. The number of carbonyl (C=O) groups excluding carboxylic acids is 1. The minimum absolute atomic E-state index is 0.0356. The maximum atomic E-state index is 12.4. The number of hydrogen-bond donors (Lipinski definition) is 2. The van der Waals surface area contributed by atoms with Crippen LogP contribution < -0.4 is 11.3 Å². The molecule has 0 fully saturated rings. The van der Waals surface area contributed by atoms with E-state index in [-0.39, 0.29) is 28.9 Å². The molecule has 0 heterocycles. The number of para-hydroxylation sites is 1. The van der Waals surface area contributed by atoms with Gasteiger partial charge in [-0.2, -0.15) is 0 Å². The summed E-state index contributed by atoms with van der Waals surface area (Å²) in [6.45, 7) is 6.03. The van der Waals surface area contributed by atoms with E-state index in [1.54, 1.807) is 11.0 Å². The van der Waals surface area contributed by atoms with Crippen LogP contribution >= 0.6 is 0 Å². The summed E-state index contributed by atoms with van der Waals surface area (Å²) in [4.78, 5) is 24.4. The van der Waals surface area contributed by atoms with Crippen molar-refractivity contribution in [3.05, 3.63) is 33.9 Å². The number of nitrogen functional groups attached to an aromatic ring is 1. The molecule has 19 heavy (non-hydrogen) atoms. The van der Waals surface area contributed by atoms with Gasteiger partial charge in [-0.15, -0.1) is 0 Å². The number of anilines is 1. The summed E-state index contributed by atoms with van der Waals surface area (Å²) >= 11 is 0. The van der Waals surface area contributed by atoms with Crippen LogP contribution in [0.4, 0.5) is 11.4 Å². The molecular formula is C12H18N4O3. The number of amides is 1. The van der Waals surface area contributed by atoms with Crippen LogP contribution in [0.15, 0.2) is 18.2 Å². The van der Waals surface area contributed by atoms with E-state index in [0.29, 0.717) is 6.54 Å². The van der Waals surface area contributed by atoms with E-state index < -0.39 is 4.92 Å². The Kier molecular flexibility index (Phi) is 4.82.